The van der Waals surface area contributed by atoms with Gasteiger partial charge in [-0.05, 0) is 35.4 Å². The highest BCUT2D eigenvalue weighted by atomic mass is 79.9. The van der Waals surface area contributed by atoms with Crippen molar-refractivity contribution in [3.63, 3.8) is 0 Å². The highest BCUT2D eigenvalue weighted by Crippen LogP contribution is 2.41. The monoisotopic (exact) mass is 518 g/mol. The number of rotatable bonds is 4. The molecule has 9 heteroatoms. The van der Waals surface area contributed by atoms with E-state index in [1.807, 2.05) is 18.2 Å². The average Bonchev–Trinajstić information content (AvgIpc) is 3.18. The van der Waals surface area contributed by atoms with Gasteiger partial charge in [0.15, 0.2) is 0 Å². The minimum Gasteiger partial charge on any atom is -0.467 e. The fourth-order valence-electron chi connectivity index (χ4n) is 4.28. The number of esters is 2. The standard InChI is InChI=1S/C23H20BrClN2O5/c1-31-22(29)13-5-3-12(4-6-13)21-20-16(15-8-7-14(24)9-17(15)26-20)10-18(23(30)32-2)27(21)19(28)11-25/h3-9,18,21,26H,10-11H2,1-2H3/t18-,21-/m1/s1. The molecule has 166 valence electrons. The van der Waals surface area contributed by atoms with Crippen molar-refractivity contribution in [3.8, 4) is 0 Å². The van der Waals surface area contributed by atoms with Gasteiger partial charge in [-0.2, -0.15) is 0 Å². The number of hydrogen-bond donors (Lipinski definition) is 1. The molecule has 4 rings (SSSR count). The molecule has 1 aliphatic heterocycles. The first-order valence-electron chi connectivity index (χ1n) is 9.82. The van der Waals surface area contributed by atoms with Crippen LogP contribution in [0, 0.1) is 0 Å². The summed E-state index contributed by atoms with van der Waals surface area (Å²) < 4.78 is 10.7. The molecule has 0 radical (unpaired) electrons. The summed E-state index contributed by atoms with van der Waals surface area (Å²) in [4.78, 5) is 42.5. The van der Waals surface area contributed by atoms with E-state index >= 15 is 0 Å². The quantitative estimate of drug-likeness (QED) is 0.416. The molecule has 1 amide bonds. The third-order valence-corrected chi connectivity index (χ3v) is 6.43. The number of hydrogen-bond acceptors (Lipinski definition) is 5. The lowest BCUT2D eigenvalue weighted by molar-refractivity contribution is -0.154. The number of aromatic amines is 1. The number of aromatic nitrogens is 1. The molecule has 3 aromatic rings. The van der Waals surface area contributed by atoms with Crippen molar-refractivity contribution in [1.29, 1.82) is 0 Å². The van der Waals surface area contributed by atoms with Gasteiger partial charge in [-0.3, -0.25) is 4.79 Å². The number of alkyl halides is 1. The summed E-state index contributed by atoms with van der Waals surface area (Å²) in [6.07, 6.45) is 0.295. The Labute approximate surface area is 197 Å². The number of carbonyl (C=O) groups is 3. The molecule has 0 fully saturated rings. The minimum absolute atomic E-state index is 0.286. The van der Waals surface area contributed by atoms with E-state index in [4.69, 9.17) is 21.1 Å². The molecule has 2 heterocycles. The summed E-state index contributed by atoms with van der Waals surface area (Å²) in [5.74, 6) is -1.66. The number of H-pyrrole nitrogens is 1. The normalized spacial score (nSPS) is 17.7. The SMILES string of the molecule is COC(=O)c1ccc([C@@H]2c3[nH]c4cc(Br)ccc4c3C[C@H](C(=O)OC)N2C(=O)CCl)cc1. The van der Waals surface area contributed by atoms with Crippen LogP contribution in [-0.4, -0.2) is 53.9 Å². The summed E-state index contributed by atoms with van der Waals surface area (Å²) in [5.41, 5.74) is 3.71. The van der Waals surface area contributed by atoms with Gasteiger partial charge in [-0.1, -0.05) is 34.1 Å². The van der Waals surface area contributed by atoms with Gasteiger partial charge in [0.2, 0.25) is 5.91 Å². The Morgan fingerprint density at radius 3 is 2.47 bits per heavy atom. The highest BCUT2D eigenvalue weighted by molar-refractivity contribution is 9.10. The summed E-state index contributed by atoms with van der Waals surface area (Å²) >= 11 is 9.43. The molecule has 0 bridgehead atoms. The first kappa shape index (κ1) is 22.4. The van der Waals surface area contributed by atoms with Crippen LogP contribution in [-0.2, 0) is 25.5 Å². The number of amides is 1. The second-order valence-corrected chi connectivity index (χ2v) is 8.58. The highest BCUT2D eigenvalue weighted by Gasteiger charge is 2.43. The van der Waals surface area contributed by atoms with Crippen LogP contribution in [0.4, 0.5) is 0 Å². The molecule has 7 nitrogen and oxygen atoms in total. The molecule has 0 saturated heterocycles. The van der Waals surface area contributed by atoms with Crippen molar-refractivity contribution in [2.24, 2.45) is 0 Å². The fourth-order valence-corrected chi connectivity index (χ4v) is 4.78. The van der Waals surface area contributed by atoms with Gasteiger partial charge in [-0.25, -0.2) is 9.59 Å². The summed E-state index contributed by atoms with van der Waals surface area (Å²) in [6, 6.07) is 11.1. The Morgan fingerprint density at radius 1 is 1.12 bits per heavy atom. The first-order chi connectivity index (χ1) is 15.4. The maximum atomic E-state index is 13.0. The van der Waals surface area contributed by atoms with E-state index in [9.17, 15) is 14.4 Å². The zero-order chi connectivity index (χ0) is 23.0. The number of fused-ring (bicyclic) bond motifs is 3. The summed E-state index contributed by atoms with van der Waals surface area (Å²) in [7, 11) is 2.61. The average molecular weight is 520 g/mol. The summed E-state index contributed by atoms with van der Waals surface area (Å²) in [5, 5.41) is 0.964. The van der Waals surface area contributed by atoms with Crippen LogP contribution >= 0.6 is 27.5 Å². The van der Waals surface area contributed by atoms with Crippen LogP contribution in [0.25, 0.3) is 10.9 Å². The Morgan fingerprint density at radius 2 is 1.84 bits per heavy atom. The van der Waals surface area contributed by atoms with Crippen molar-refractivity contribution in [2.75, 3.05) is 20.1 Å². The lowest BCUT2D eigenvalue weighted by Crippen LogP contribution is -2.52. The second-order valence-electron chi connectivity index (χ2n) is 7.40. The Balaban J connectivity index is 1.94. The molecule has 1 N–H and O–H groups in total. The number of ether oxygens (including phenoxy) is 2. The Hall–Kier alpha value is -2.84. The van der Waals surface area contributed by atoms with Gasteiger partial charge in [0.1, 0.15) is 11.9 Å². The van der Waals surface area contributed by atoms with Crippen molar-refractivity contribution in [3.05, 3.63) is 69.3 Å². The Bertz CT molecular complexity index is 1210. The molecule has 2 atom stereocenters. The smallest absolute Gasteiger partial charge is 0.337 e. The van der Waals surface area contributed by atoms with Crippen LogP contribution in [0.5, 0.6) is 0 Å². The lowest BCUT2D eigenvalue weighted by Gasteiger charge is -2.40. The van der Waals surface area contributed by atoms with E-state index < -0.39 is 29.9 Å². The van der Waals surface area contributed by atoms with Gasteiger partial charge in [0.25, 0.3) is 0 Å². The zero-order valence-electron chi connectivity index (χ0n) is 17.4. The number of nitrogens with one attached hydrogen (secondary N) is 1. The molecule has 0 aliphatic carbocycles. The number of methoxy groups -OCH3 is 2. The predicted molar refractivity (Wildman–Crippen MR) is 123 cm³/mol. The number of carbonyl (C=O) groups excluding carboxylic acids is 3. The van der Waals surface area contributed by atoms with Gasteiger partial charge >= 0.3 is 11.9 Å². The number of benzene rings is 2. The lowest BCUT2D eigenvalue weighted by atomic mass is 9.87. The molecule has 0 unspecified atom stereocenters. The molecule has 1 aromatic heterocycles. The van der Waals surface area contributed by atoms with E-state index in [0.717, 1.165) is 32.2 Å². The van der Waals surface area contributed by atoms with E-state index in [1.165, 1.54) is 19.1 Å². The topological polar surface area (TPSA) is 88.7 Å². The molecule has 0 spiro atoms. The number of nitrogens with zero attached hydrogens (tertiary/aromatic N) is 1. The van der Waals surface area contributed by atoms with Crippen molar-refractivity contribution >= 4 is 56.3 Å². The molecular weight excluding hydrogens is 500 g/mol. The van der Waals surface area contributed by atoms with Crippen LogP contribution in [0.15, 0.2) is 46.9 Å². The predicted octanol–water partition coefficient (Wildman–Crippen LogP) is 3.97. The van der Waals surface area contributed by atoms with Crippen molar-refractivity contribution < 1.29 is 23.9 Å². The molecule has 0 saturated carbocycles. The third-order valence-electron chi connectivity index (χ3n) is 5.71. The van der Waals surface area contributed by atoms with Crippen LogP contribution < -0.4 is 0 Å². The van der Waals surface area contributed by atoms with Gasteiger partial charge in [-0.15, -0.1) is 11.6 Å². The van der Waals surface area contributed by atoms with Gasteiger partial charge < -0.3 is 19.4 Å². The minimum atomic E-state index is -0.841. The summed E-state index contributed by atoms with van der Waals surface area (Å²) in [6.45, 7) is 0. The molecule has 1 aliphatic rings. The van der Waals surface area contributed by atoms with Gasteiger partial charge in [0, 0.05) is 27.5 Å². The zero-order valence-corrected chi connectivity index (χ0v) is 19.7. The second kappa shape index (κ2) is 8.96. The van der Waals surface area contributed by atoms with Gasteiger partial charge in [0.05, 0.1) is 25.8 Å². The Kier molecular flexibility index (Phi) is 6.26. The van der Waals surface area contributed by atoms with Crippen molar-refractivity contribution in [2.45, 2.75) is 18.5 Å². The molecular formula is C23H20BrClN2O5. The maximum absolute atomic E-state index is 13.0. The van der Waals surface area contributed by atoms with Crippen LogP contribution in [0.2, 0.25) is 0 Å². The van der Waals surface area contributed by atoms with E-state index in [-0.39, 0.29) is 5.88 Å². The van der Waals surface area contributed by atoms with E-state index in [0.29, 0.717) is 12.0 Å². The third kappa shape index (κ3) is 3.78. The molecule has 32 heavy (non-hydrogen) atoms. The van der Waals surface area contributed by atoms with E-state index in [1.54, 1.807) is 24.3 Å². The van der Waals surface area contributed by atoms with E-state index in [2.05, 4.69) is 20.9 Å². The largest absolute Gasteiger partial charge is 0.467 e. The number of halogens is 2. The van der Waals surface area contributed by atoms with Crippen molar-refractivity contribution in [1.82, 2.24) is 9.88 Å². The van der Waals surface area contributed by atoms with Crippen LogP contribution in [0.1, 0.15) is 33.2 Å². The van der Waals surface area contributed by atoms with Crippen LogP contribution in [0.3, 0.4) is 0 Å². The fraction of sp³-hybridized carbons (Fsp3) is 0.261. The maximum Gasteiger partial charge on any atom is 0.337 e. The molecule has 2 aromatic carbocycles. The first-order valence-corrected chi connectivity index (χ1v) is 11.2.